The van der Waals surface area contributed by atoms with Gasteiger partial charge in [-0.25, -0.2) is 0 Å². The average molecular weight is 438 g/mol. The normalized spacial score (nSPS) is 24.7. The van der Waals surface area contributed by atoms with E-state index >= 15 is 0 Å². The lowest BCUT2D eigenvalue weighted by molar-refractivity contribution is -0.139. The zero-order valence-electron chi connectivity index (χ0n) is 18.0. The van der Waals surface area contributed by atoms with Gasteiger partial charge >= 0.3 is 0 Å². The van der Waals surface area contributed by atoms with Crippen molar-refractivity contribution in [1.29, 1.82) is 0 Å². The third-order valence-electron chi connectivity index (χ3n) is 7.03. The fourth-order valence-corrected chi connectivity index (χ4v) is 5.78. The standard InChI is InChI=1S/C27H22N2O4/c1-2-33-21-13-15(11-12-20(21)30)14-28-29-26(31)24-22-16-7-3-4-8-17(16)23(25(24)27(29)32)19-10-6-5-9-18(19)22/h3-14,22-25,30H,2H2,1H3/b28-14-/t22?,23?,24-,25-/m1/s1. The molecule has 4 aliphatic rings. The molecule has 2 atom stereocenters. The van der Waals surface area contributed by atoms with Gasteiger partial charge in [0.15, 0.2) is 11.5 Å². The lowest BCUT2D eigenvalue weighted by Crippen LogP contribution is -2.41. The van der Waals surface area contributed by atoms with Crippen molar-refractivity contribution in [2.75, 3.05) is 6.61 Å². The maximum Gasteiger partial charge on any atom is 0.254 e. The van der Waals surface area contributed by atoms with Crippen LogP contribution in [0.15, 0.2) is 71.8 Å². The van der Waals surface area contributed by atoms with Crippen LogP contribution in [0.4, 0.5) is 0 Å². The van der Waals surface area contributed by atoms with E-state index in [0.717, 1.165) is 27.3 Å². The Morgan fingerprint density at radius 1 is 0.879 bits per heavy atom. The average Bonchev–Trinajstić information content (AvgIpc) is 3.10. The number of rotatable bonds is 4. The Balaban J connectivity index is 1.39. The van der Waals surface area contributed by atoms with Crippen LogP contribution in [-0.2, 0) is 9.59 Å². The Hall–Kier alpha value is -3.93. The predicted molar refractivity (Wildman–Crippen MR) is 122 cm³/mol. The molecule has 1 N–H and O–H groups in total. The molecule has 6 nitrogen and oxygen atoms in total. The third kappa shape index (κ3) is 2.76. The van der Waals surface area contributed by atoms with Gasteiger partial charge < -0.3 is 9.84 Å². The number of amides is 2. The van der Waals surface area contributed by atoms with Gasteiger partial charge in [0.05, 0.1) is 24.7 Å². The Bertz CT molecular complexity index is 1220. The van der Waals surface area contributed by atoms with Gasteiger partial charge in [-0.05, 0) is 52.9 Å². The molecule has 3 aromatic carbocycles. The van der Waals surface area contributed by atoms with E-state index in [1.54, 1.807) is 12.1 Å². The highest BCUT2D eigenvalue weighted by Gasteiger charge is 2.61. The number of carbonyl (C=O) groups is 2. The maximum absolute atomic E-state index is 13.5. The molecule has 6 heteroatoms. The highest BCUT2D eigenvalue weighted by Crippen LogP contribution is 2.60. The smallest absolute Gasteiger partial charge is 0.254 e. The summed E-state index contributed by atoms with van der Waals surface area (Å²) in [5.41, 5.74) is 5.16. The first-order valence-electron chi connectivity index (χ1n) is 11.2. The van der Waals surface area contributed by atoms with E-state index in [9.17, 15) is 14.7 Å². The van der Waals surface area contributed by atoms with Crippen LogP contribution in [0.5, 0.6) is 11.5 Å². The van der Waals surface area contributed by atoms with Crippen LogP contribution >= 0.6 is 0 Å². The summed E-state index contributed by atoms with van der Waals surface area (Å²) in [6, 6.07) is 21.1. The van der Waals surface area contributed by atoms with E-state index in [1.165, 1.54) is 12.3 Å². The van der Waals surface area contributed by atoms with Crippen molar-refractivity contribution in [2.24, 2.45) is 16.9 Å². The molecule has 3 aliphatic carbocycles. The minimum atomic E-state index is -0.455. The van der Waals surface area contributed by atoms with Crippen molar-refractivity contribution < 1.29 is 19.4 Å². The summed E-state index contributed by atoms with van der Waals surface area (Å²) in [4.78, 5) is 27.1. The summed E-state index contributed by atoms with van der Waals surface area (Å²) in [5, 5.41) is 15.3. The lowest BCUT2D eigenvalue weighted by atomic mass is 9.55. The lowest BCUT2D eigenvalue weighted by Gasteiger charge is -2.45. The van der Waals surface area contributed by atoms with E-state index < -0.39 is 11.8 Å². The molecule has 7 rings (SSSR count). The Labute approximate surface area is 191 Å². The number of hydrogen-bond donors (Lipinski definition) is 1. The Morgan fingerprint density at radius 3 is 1.88 bits per heavy atom. The van der Waals surface area contributed by atoms with Crippen LogP contribution in [0.25, 0.3) is 0 Å². The molecule has 1 fully saturated rings. The molecule has 2 amide bonds. The molecule has 0 unspecified atom stereocenters. The molecular weight excluding hydrogens is 416 g/mol. The SMILES string of the molecule is CCOc1cc(/C=N\N2C(=O)[C@@H]3C4c5ccccc5C(c5ccccc54)[C@H]3C2=O)ccc1O. The van der Waals surface area contributed by atoms with E-state index in [4.69, 9.17) is 4.74 Å². The van der Waals surface area contributed by atoms with Gasteiger partial charge in [-0.3, -0.25) is 9.59 Å². The molecule has 0 spiro atoms. The second kappa shape index (κ2) is 7.30. The van der Waals surface area contributed by atoms with Crippen molar-refractivity contribution in [3.8, 4) is 11.5 Å². The molecule has 2 bridgehead atoms. The molecule has 0 aromatic heterocycles. The Morgan fingerprint density at radius 2 is 1.39 bits per heavy atom. The van der Waals surface area contributed by atoms with Gasteiger partial charge in [0, 0.05) is 11.8 Å². The van der Waals surface area contributed by atoms with Crippen LogP contribution in [0, 0.1) is 11.8 Å². The monoisotopic (exact) mass is 438 g/mol. The summed E-state index contributed by atoms with van der Waals surface area (Å²) in [7, 11) is 0. The van der Waals surface area contributed by atoms with Crippen molar-refractivity contribution in [3.63, 3.8) is 0 Å². The van der Waals surface area contributed by atoms with Gasteiger partial charge in [0.2, 0.25) is 0 Å². The van der Waals surface area contributed by atoms with Crippen molar-refractivity contribution in [3.05, 3.63) is 94.5 Å². The van der Waals surface area contributed by atoms with Gasteiger partial charge in [0.1, 0.15) is 0 Å². The number of nitrogens with zero attached hydrogens (tertiary/aromatic N) is 2. The number of carbonyl (C=O) groups excluding carboxylic acids is 2. The van der Waals surface area contributed by atoms with Gasteiger partial charge in [-0.2, -0.15) is 10.1 Å². The summed E-state index contributed by atoms with van der Waals surface area (Å²) >= 11 is 0. The number of hydrazone groups is 1. The molecule has 3 aromatic rings. The van der Waals surface area contributed by atoms with Crippen LogP contribution in [0.1, 0.15) is 46.6 Å². The minimum Gasteiger partial charge on any atom is -0.504 e. The number of hydrogen-bond acceptors (Lipinski definition) is 5. The molecule has 1 heterocycles. The van der Waals surface area contributed by atoms with Crippen LogP contribution in [0.2, 0.25) is 0 Å². The summed E-state index contributed by atoms with van der Waals surface area (Å²) in [6.07, 6.45) is 1.47. The fraction of sp³-hybridized carbons (Fsp3) is 0.222. The number of benzene rings is 3. The zero-order chi connectivity index (χ0) is 22.7. The molecule has 1 saturated heterocycles. The highest BCUT2D eigenvalue weighted by atomic mass is 16.5. The predicted octanol–water partition coefficient (Wildman–Crippen LogP) is 4.02. The van der Waals surface area contributed by atoms with Gasteiger partial charge in [-0.1, -0.05) is 48.5 Å². The van der Waals surface area contributed by atoms with Crippen molar-refractivity contribution >= 4 is 18.0 Å². The first kappa shape index (κ1) is 19.7. The summed E-state index contributed by atoms with van der Waals surface area (Å²) < 4.78 is 5.42. The Kier molecular flexibility index (Phi) is 4.37. The topological polar surface area (TPSA) is 79.2 Å². The second-order valence-corrected chi connectivity index (χ2v) is 8.66. The number of ether oxygens (including phenoxy) is 1. The molecule has 0 radical (unpaired) electrons. The zero-order valence-corrected chi connectivity index (χ0v) is 18.0. The van der Waals surface area contributed by atoms with Gasteiger partial charge in [0.25, 0.3) is 11.8 Å². The van der Waals surface area contributed by atoms with Crippen LogP contribution < -0.4 is 4.74 Å². The minimum absolute atomic E-state index is 0.0282. The number of phenols is 1. The highest BCUT2D eigenvalue weighted by molar-refractivity contribution is 6.08. The van der Waals surface area contributed by atoms with E-state index in [0.29, 0.717) is 17.9 Å². The fourth-order valence-electron chi connectivity index (χ4n) is 5.78. The van der Waals surface area contributed by atoms with Crippen LogP contribution in [-0.4, -0.2) is 34.8 Å². The van der Waals surface area contributed by atoms with Gasteiger partial charge in [-0.15, -0.1) is 0 Å². The molecule has 1 aliphatic heterocycles. The molecule has 33 heavy (non-hydrogen) atoms. The van der Waals surface area contributed by atoms with E-state index in [1.807, 2.05) is 31.2 Å². The van der Waals surface area contributed by atoms with E-state index in [-0.39, 0.29) is 29.4 Å². The summed E-state index contributed by atoms with van der Waals surface area (Å²) in [6.45, 7) is 2.23. The number of imide groups is 1. The summed E-state index contributed by atoms with van der Waals surface area (Å²) in [5.74, 6) is -1.37. The first-order valence-corrected chi connectivity index (χ1v) is 11.2. The second-order valence-electron chi connectivity index (χ2n) is 8.66. The number of phenolic OH excluding ortho intramolecular Hbond substituents is 1. The quantitative estimate of drug-likeness (QED) is 0.493. The van der Waals surface area contributed by atoms with Crippen molar-refractivity contribution in [2.45, 2.75) is 18.8 Å². The molecule has 164 valence electrons. The first-order chi connectivity index (χ1) is 16.1. The van der Waals surface area contributed by atoms with E-state index in [2.05, 4.69) is 29.4 Å². The molecule has 0 saturated carbocycles. The third-order valence-corrected chi connectivity index (χ3v) is 7.03. The van der Waals surface area contributed by atoms with Crippen LogP contribution in [0.3, 0.4) is 0 Å². The largest absolute Gasteiger partial charge is 0.504 e. The number of aromatic hydroxyl groups is 1. The molecular formula is C27H22N2O4. The van der Waals surface area contributed by atoms with Crippen molar-refractivity contribution in [1.82, 2.24) is 5.01 Å². The maximum atomic E-state index is 13.5.